The van der Waals surface area contributed by atoms with Gasteiger partial charge in [0.2, 0.25) is 0 Å². The second-order valence-electron chi connectivity index (χ2n) is 4.61. The molecule has 0 aliphatic rings. The smallest absolute Gasteiger partial charge is 0.0499 e. The summed E-state index contributed by atoms with van der Waals surface area (Å²) in [6.07, 6.45) is 4.79. The average molecular weight is 236 g/mol. The summed E-state index contributed by atoms with van der Waals surface area (Å²) < 4.78 is 0. The Morgan fingerprint density at radius 2 is 2.06 bits per heavy atom. The van der Waals surface area contributed by atoms with Gasteiger partial charge < -0.3 is 10.4 Å². The summed E-state index contributed by atoms with van der Waals surface area (Å²) in [6, 6.07) is 5.99. The first-order valence-corrected chi connectivity index (χ1v) is 6.48. The fourth-order valence-electron chi connectivity index (χ4n) is 1.90. The van der Waals surface area contributed by atoms with Crippen LogP contribution in [0.5, 0.6) is 0 Å². The summed E-state index contributed by atoms with van der Waals surface area (Å²) in [7, 11) is 0. The van der Waals surface area contributed by atoms with Gasteiger partial charge in [0, 0.05) is 43.4 Å². The highest BCUT2D eigenvalue weighted by molar-refractivity contribution is 5.03. The molecule has 1 rings (SSSR count). The third kappa shape index (κ3) is 4.44. The standard InChI is InChI=1S/C14H24N2O/c1-3-14(4-2,12-17)11-15-10-8-13-7-5-6-9-16-13/h5-7,9,15,17H,3-4,8,10-12H2,1-2H3. The number of nitrogens with one attached hydrogen (secondary N) is 1. The Morgan fingerprint density at radius 1 is 1.29 bits per heavy atom. The molecule has 1 heterocycles. The van der Waals surface area contributed by atoms with Gasteiger partial charge in [-0.15, -0.1) is 0 Å². The van der Waals surface area contributed by atoms with E-state index in [0.29, 0.717) is 0 Å². The van der Waals surface area contributed by atoms with Crippen LogP contribution >= 0.6 is 0 Å². The largest absolute Gasteiger partial charge is 0.396 e. The molecule has 1 aromatic heterocycles. The van der Waals surface area contributed by atoms with E-state index in [1.807, 2.05) is 24.4 Å². The SMILES string of the molecule is CCC(CC)(CO)CNCCc1ccccn1. The summed E-state index contributed by atoms with van der Waals surface area (Å²) in [5.74, 6) is 0. The molecule has 0 aliphatic heterocycles. The maximum Gasteiger partial charge on any atom is 0.0499 e. The molecule has 0 fully saturated rings. The van der Waals surface area contributed by atoms with E-state index in [4.69, 9.17) is 0 Å². The van der Waals surface area contributed by atoms with Crippen molar-refractivity contribution in [3.63, 3.8) is 0 Å². The lowest BCUT2D eigenvalue weighted by molar-refractivity contribution is 0.113. The van der Waals surface area contributed by atoms with Crippen molar-refractivity contribution in [2.75, 3.05) is 19.7 Å². The molecule has 0 aliphatic carbocycles. The van der Waals surface area contributed by atoms with E-state index in [0.717, 1.165) is 38.0 Å². The summed E-state index contributed by atoms with van der Waals surface area (Å²) in [5, 5.41) is 12.9. The quantitative estimate of drug-likeness (QED) is 0.679. The second kappa shape index (κ2) is 7.41. The zero-order chi connectivity index (χ0) is 12.6. The van der Waals surface area contributed by atoms with Gasteiger partial charge in [0.05, 0.1) is 0 Å². The number of nitrogens with zero attached hydrogens (tertiary/aromatic N) is 1. The minimum atomic E-state index is 0.0458. The molecule has 1 aromatic rings. The molecule has 0 radical (unpaired) electrons. The van der Waals surface area contributed by atoms with Crippen molar-refractivity contribution in [2.24, 2.45) is 5.41 Å². The highest BCUT2D eigenvalue weighted by Gasteiger charge is 2.24. The van der Waals surface area contributed by atoms with E-state index in [-0.39, 0.29) is 12.0 Å². The Balaban J connectivity index is 2.28. The van der Waals surface area contributed by atoms with Gasteiger partial charge in [0.15, 0.2) is 0 Å². The Morgan fingerprint density at radius 3 is 2.59 bits per heavy atom. The number of hydrogen-bond acceptors (Lipinski definition) is 3. The molecule has 0 spiro atoms. The van der Waals surface area contributed by atoms with Crippen molar-refractivity contribution in [1.82, 2.24) is 10.3 Å². The van der Waals surface area contributed by atoms with Crippen LogP contribution in [0, 0.1) is 5.41 Å². The van der Waals surface area contributed by atoms with Gasteiger partial charge in [-0.3, -0.25) is 4.98 Å². The van der Waals surface area contributed by atoms with Crippen LogP contribution in [0.4, 0.5) is 0 Å². The predicted molar refractivity (Wildman–Crippen MR) is 70.9 cm³/mol. The molecule has 0 saturated heterocycles. The minimum absolute atomic E-state index is 0.0458. The molecular weight excluding hydrogens is 212 g/mol. The Bertz CT molecular complexity index is 288. The predicted octanol–water partition coefficient (Wildman–Crippen LogP) is 2.01. The van der Waals surface area contributed by atoms with Crippen molar-refractivity contribution in [3.05, 3.63) is 30.1 Å². The fraction of sp³-hybridized carbons (Fsp3) is 0.643. The maximum atomic E-state index is 9.44. The number of pyridine rings is 1. The molecule has 3 nitrogen and oxygen atoms in total. The zero-order valence-corrected chi connectivity index (χ0v) is 10.9. The van der Waals surface area contributed by atoms with Crippen LogP contribution in [0.2, 0.25) is 0 Å². The van der Waals surface area contributed by atoms with Gasteiger partial charge in [0.25, 0.3) is 0 Å². The molecule has 0 aromatic carbocycles. The Labute approximate surface area is 104 Å². The Kier molecular flexibility index (Phi) is 6.16. The highest BCUT2D eigenvalue weighted by Crippen LogP contribution is 2.24. The van der Waals surface area contributed by atoms with Gasteiger partial charge in [0.1, 0.15) is 0 Å². The number of hydrogen-bond donors (Lipinski definition) is 2. The lowest BCUT2D eigenvalue weighted by Gasteiger charge is -2.29. The highest BCUT2D eigenvalue weighted by atomic mass is 16.3. The van der Waals surface area contributed by atoms with Gasteiger partial charge in [-0.05, 0) is 25.0 Å². The van der Waals surface area contributed by atoms with E-state index < -0.39 is 0 Å². The minimum Gasteiger partial charge on any atom is -0.396 e. The van der Waals surface area contributed by atoms with Crippen molar-refractivity contribution >= 4 is 0 Å². The number of aliphatic hydroxyl groups excluding tert-OH is 1. The molecule has 0 amide bonds. The normalized spacial score (nSPS) is 11.7. The van der Waals surface area contributed by atoms with Gasteiger partial charge in [-0.2, -0.15) is 0 Å². The third-order valence-electron chi connectivity index (χ3n) is 3.62. The first-order valence-electron chi connectivity index (χ1n) is 6.48. The average Bonchev–Trinajstić information content (AvgIpc) is 2.41. The van der Waals surface area contributed by atoms with E-state index in [1.165, 1.54) is 0 Å². The van der Waals surface area contributed by atoms with Crippen LogP contribution in [-0.4, -0.2) is 29.8 Å². The van der Waals surface area contributed by atoms with Gasteiger partial charge >= 0.3 is 0 Å². The maximum absolute atomic E-state index is 9.44. The molecule has 2 N–H and O–H groups in total. The first-order chi connectivity index (χ1) is 8.26. The first kappa shape index (κ1) is 14.1. The molecule has 96 valence electrons. The molecule has 0 atom stereocenters. The van der Waals surface area contributed by atoms with E-state index in [2.05, 4.69) is 24.1 Å². The number of aliphatic hydroxyl groups is 1. The van der Waals surface area contributed by atoms with Crippen molar-refractivity contribution < 1.29 is 5.11 Å². The van der Waals surface area contributed by atoms with E-state index >= 15 is 0 Å². The van der Waals surface area contributed by atoms with Crippen molar-refractivity contribution in [3.8, 4) is 0 Å². The molecule has 0 unspecified atom stereocenters. The summed E-state index contributed by atoms with van der Waals surface area (Å²) in [6.45, 7) is 6.33. The molecule has 0 bridgehead atoms. The van der Waals surface area contributed by atoms with Crippen molar-refractivity contribution in [2.45, 2.75) is 33.1 Å². The fourth-order valence-corrected chi connectivity index (χ4v) is 1.90. The van der Waals surface area contributed by atoms with E-state index in [9.17, 15) is 5.11 Å². The molecule has 17 heavy (non-hydrogen) atoms. The second-order valence-corrected chi connectivity index (χ2v) is 4.61. The monoisotopic (exact) mass is 236 g/mol. The lowest BCUT2D eigenvalue weighted by Crippen LogP contribution is -2.37. The van der Waals surface area contributed by atoms with Crippen molar-refractivity contribution in [1.29, 1.82) is 0 Å². The molecular formula is C14H24N2O. The van der Waals surface area contributed by atoms with Gasteiger partial charge in [-0.25, -0.2) is 0 Å². The van der Waals surface area contributed by atoms with E-state index in [1.54, 1.807) is 0 Å². The van der Waals surface area contributed by atoms with Crippen LogP contribution in [0.3, 0.4) is 0 Å². The van der Waals surface area contributed by atoms with Crippen LogP contribution < -0.4 is 5.32 Å². The van der Waals surface area contributed by atoms with Crippen LogP contribution in [0.1, 0.15) is 32.4 Å². The summed E-state index contributed by atoms with van der Waals surface area (Å²) >= 11 is 0. The molecule has 0 saturated carbocycles. The summed E-state index contributed by atoms with van der Waals surface area (Å²) in [5.41, 5.74) is 1.16. The Hall–Kier alpha value is -0.930. The zero-order valence-electron chi connectivity index (χ0n) is 10.9. The third-order valence-corrected chi connectivity index (χ3v) is 3.62. The molecule has 3 heteroatoms. The topological polar surface area (TPSA) is 45.1 Å². The lowest BCUT2D eigenvalue weighted by atomic mass is 9.83. The summed E-state index contributed by atoms with van der Waals surface area (Å²) in [4.78, 5) is 4.28. The van der Waals surface area contributed by atoms with Gasteiger partial charge in [-0.1, -0.05) is 19.9 Å². The van der Waals surface area contributed by atoms with Crippen LogP contribution in [0.15, 0.2) is 24.4 Å². The van der Waals surface area contributed by atoms with Crippen LogP contribution in [-0.2, 0) is 6.42 Å². The number of rotatable bonds is 8. The number of aromatic nitrogens is 1. The van der Waals surface area contributed by atoms with Crippen LogP contribution in [0.25, 0.3) is 0 Å².